The summed E-state index contributed by atoms with van der Waals surface area (Å²) in [4.78, 5) is 0. The molecule has 0 aliphatic rings. The van der Waals surface area contributed by atoms with E-state index in [-0.39, 0.29) is 0 Å². The first-order valence-electron chi connectivity index (χ1n) is 7.57. The molecule has 0 fully saturated rings. The highest BCUT2D eigenvalue weighted by atomic mass is 16.5. The Kier molecular flexibility index (Phi) is 12.3. The van der Waals surface area contributed by atoms with Crippen molar-refractivity contribution >= 4 is 0 Å². The first-order chi connectivity index (χ1) is 8.22. The Morgan fingerprint density at radius 3 is 2.18 bits per heavy atom. The SMILES string of the molecule is CCCCCCCCOC(C)C(C)NCCC. The number of rotatable bonds is 12. The van der Waals surface area contributed by atoms with Gasteiger partial charge in [-0.05, 0) is 33.2 Å². The van der Waals surface area contributed by atoms with Gasteiger partial charge < -0.3 is 10.1 Å². The minimum atomic E-state index is 0.331. The molecule has 2 unspecified atom stereocenters. The molecule has 2 atom stereocenters. The Morgan fingerprint density at radius 1 is 0.882 bits per heavy atom. The Morgan fingerprint density at radius 2 is 1.53 bits per heavy atom. The van der Waals surface area contributed by atoms with Gasteiger partial charge >= 0.3 is 0 Å². The van der Waals surface area contributed by atoms with Crippen molar-refractivity contribution in [2.75, 3.05) is 13.2 Å². The summed E-state index contributed by atoms with van der Waals surface area (Å²) in [6.07, 6.45) is 9.53. The summed E-state index contributed by atoms with van der Waals surface area (Å²) in [6.45, 7) is 10.8. The second-order valence-corrected chi connectivity index (χ2v) is 5.09. The fraction of sp³-hybridized carbons (Fsp3) is 1.00. The molecule has 0 aliphatic carbocycles. The molecule has 0 bridgehead atoms. The fourth-order valence-corrected chi connectivity index (χ4v) is 1.83. The van der Waals surface area contributed by atoms with Crippen molar-refractivity contribution in [3.63, 3.8) is 0 Å². The minimum absolute atomic E-state index is 0.331. The molecule has 2 nitrogen and oxygen atoms in total. The van der Waals surface area contributed by atoms with E-state index in [1.807, 2.05) is 0 Å². The van der Waals surface area contributed by atoms with Crippen LogP contribution >= 0.6 is 0 Å². The lowest BCUT2D eigenvalue weighted by Gasteiger charge is -2.21. The van der Waals surface area contributed by atoms with Crippen LogP contribution in [-0.4, -0.2) is 25.3 Å². The predicted molar refractivity (Wildman–Crippen MR) is 76.5 cm³/mol. The third kappa shape index (κ3) is 10.8. The van der Waals surface area contributed by atoms with E-state index in [1.165, 1.54) is 44.9 Å². The normalized spacial score (nSPS) is 14.8. The summed E-state index contributed by atoms with van der Waals surface area (Å²) in [6, 6.07) is 0.468. The summed E-state index contributed by atoms with van der Waals surface area (Å²) in [5, 5.41) is 3.48. The Labute approximate surface area is 109 Å². The van der Waals surface area contributed by atoms with Crippen LogP contribution in [0.1, 0.15) is 72.6 Å². The fourth-order valence-electron chi connectivity index (χ4n) is 1.83. The van der Waals surface area contributed by atoms with Crippen LogP contribution in [0.2, 0.25) is 0 Å². The molecule has 1 N–H and O–H groups in total. The average Bonchev–Trinajstić information content (AvgIpc) is 2.34. The monoisotopic (exact) mass is 243 g/mol. The highest BCUT2D eigenvalue weighted by Crippen LogP contribution is 2.06. The van der Waals surface area contributed by atoms with Crippen molar-refractivity contribution in [2.45, 2.75) is 84.8 Å². The Bertz CT molecular complexity index is 150. The van der Waals surface area contributed by atoms with E-state index in [0.717, 1.165) is 13.2 Å². The largest absolute Gasteiger partial charge is 0.377 e. The molecule has 0 aromatic heterocycles. The van der Waals surface area contributed by atoms with Gasteiger partial charge in [-0.15, -0.1) is 0 Å². The third-order valence-corrected chi connectivity index (χ3v) is 3.30. The van der Waals surface area contributed by atoms with E-state index in [9.17, 15) is 0 Å². The molecule has 0 heterocycles. The van der Waals surface area contributed by atoms with Crippen LogP contribution in [0.5, 0.6) is 0 Å². The van der Waals surface area contributed by atoms with E-state index in [4.69, 9.17) is 4.74 Å². The van der Waals surface area contributed by atoms with Gasteiger partial charge in [-0.2, -0.15) is 0 Å². The number of hydrogen-bond donors (Lipinski definition) is 1. The van der Waals surface area contributed by atoms with Crippen LogP contribution in [-0.2, 0) is 4.74 Å². The maximum atomic E-state index is 5.84. The lowest BCUT2D eigenvalue weighted by atomic mass is 10.1. The van der Waals surface area contributed by atoms with Crippen LogP contribution in [0.4, 0.5) is 0 Å². The van der Waals surface area contributed by atoms with Gasteiger partial charge in [0.05, 0.1) is 6.10 Å². The van der Waals surface area contributed by atoms with Gasteiger partial charge in [0.1, 0.15) is 0 Å². The summed E-state index contributed by atoms with van der Waals surface area (Å²) in [7, 11) is 0. The minimum Gasteiger partial charge on any atom is -0.377 e. The Hall–Kier alpha value is -0.0800. The molecule has 0 aromatic rings. The summed E-state index contributed by atoms with van der Waals surface area (Å²) < 4.78 is 5.84. The van der Waals surface area contributed by atoms with Crippen molar-refractivity contribution in [1.29, 1.82) is 0 Å². The van der Waals surface area contributed by atoms with E-state index in [2.05, 4.69) is 33.0 Å². The average molecular weight is 243 g/mol. The molecule has 0 aromatic carbocycles. The zero-order valence-corrected chi connectivity index (χ0v) is 12.4. The lowest BCUT2D eigenvalue weighted by Crippen LogP contribution is -2.37. The molecule has 2 heteroatoms. The van der Waals surface area contributed by atoms with Crippen LogP contribution < -0.4 is 5.32 Å². The van der Waals surface area contributed by atoms with Gasteiger partial charge in [0.15, 0.2) is 0 Å². The molecular weight excluding hydrogens is 210 g/mol. The number of unbranched alkanes of at least 4 members (excludes halogenated alkanes) is 5. The van der Waals surface area contributed by atoms with E-state index < -0.39 is 0 Å². The van der Waals surface area contributed by atoms with E-state index >= 15 is 0 Å². The van der Waals surface area contributed by atoms with Crippen molar-refractivity contribution in [1.82, 2.24) is 5.32 Å². The molecule has 0 radical (unpaired) electrons. The van der Waals surface area contributed by atoms with Gasteiger partial charge in [-0.25, -0.2) is 0 Å². The second-order valence-electron chi connectivity index (χ2n) is 5.09. The molecule has 104 valence electrons. The number of nitrogens with one attached hydrogen (secondary N) is 1. The van der Waals surface area contributed by atoms with Gasteiger partial charge in [-0.3, -0.25) is 0 Å². The zero-order chi connectivity index (χ0) is 12.9. The maximum Gasteiger partial charge on any atom is 0.0697 e. The summed E-state index contributed by atoms with van der Waals surface area (Å²) in [5.41, 5.74) is 0. The van der Waals surface area contributed by atoms with Crippen molar-refractivity contribution in [3.05, 3.63) is 0 Å². The first-order valence-corrected chi connectivity index (χ1v) is 7.57. The van der Waals surface area contributed by atoms with Crippen molar-refractivity contribution in [3.8, 4) is 0 Å². The van der Waals surface area contributed by atoms with Gasteiger partial charge in [-0.1, -0.05) is 46.0 Å². The summed E-state index contributed by atoms with van der Waals surface area (Å²) in [5.74, 6) is 0. The maximum absolute atomic E-state index is 5.84. The molecule has 17 heavy (non-hydrogen) atoms. The zero-order valence-electron chi connectivity index (χ0n) is 12.4. The molecule has 0 aliphatic heterocycles. The highest BCUT2D eigenvalue weighted by molar-refractivity contribution is 4.67. The predicted octanol–water partition coefficient (Wildman–Crippen LogP) is 4.14. The molecule has 0 saturated heterocycles. The Balaban J connectivity index is 3.28. The van der Waals surface area contributed by atoms with Crippen LogP contribution in [0, 0.1) is 0 Å². The highest BCUT2D eigenvalue weighted by Gasteiger charge is 2.10. The molecular formula is C15H33NO. The smallest absolute Gasteiger partial charge is 0.0697 e. The van der Waals surface area contributed by atoms with Gasteiger partial charge in [0, 0.05) is 12.6 Å². The molecule has 0 rings (SSSR count). The summed E-state index contributed by atoms with van der Waals surface area (Å²) >= 11 is 0. The number of hydrogen-bond acceptors (Lipinski definition) is 2. The van der Waals surface area contributed by atoms with Crippen LogP contribution in [0.15, 0.2) is 0 Å². The van der Waals surface area contributed by atoms with Gasteiger partial charge in [0.25, 0.3) is 0 Å². The van der Waals surface area contributed by atoms with Crippen molar-refractivity contribution < 1.29 is 4.74 Å². The van der Waals surface area contributed by atoms with Crippen LogP contribution in [0.25, 0.3) is 0 Å². The van der Waals surface area contributed by atoms with E-state index in [0.29, 0.717) is 12.1 Å². The molecule has 0 amide bonds. The van der Waals surface area contributed by atoms with Crippen LogP contribution in [0.3, 0.4) is 0 Å². The number of ether oxygens (including phenoxy) is 1. The molecule has 0 spiro atoms. The second kappa shape index (κ2) is 12.4. The first kappa shape index (κ1) is 16.9. The van der Waals surface area contributed by atoms with Gasteiger partial charge in [0.2, 0.25) is 0 Å². The third-order valence-electron chi connectivity index (χ3n) is 3.30. The standard InChI is InChI=1S/C15H33NO/c1-5-7-8-9-10-11-13-17-15(4)14(3)16-12-6-2/h14-16H,5-13H2,1-4H3. The quantitative estimate of drug-likeness (QED) is 0.520. The lowest BCUT2D eigenvalue weighted by molar-refractivity contribution is 0.0409. The van der Waals surface area contributed by atoms with E-state index in [1.54, 1.807) is 0 Å². The van der Waals surface area contributed by atoms with Crippen molar-refractivity contribution in [2.24, 2.45) is 0 Å². The molecule has 0 saturated carbocycles. The topological polar surface area (TPSA) is 21.3 Å².